The Morgan fingerprint density at radius 2 is 2.21 bits per heavy atom. The Morgan fingerprint density at radius 3 is 2.90 bits per heavy atom. The van der Waals surface area contributed by atoms with E-state index in [0.29, 0.717) is 5.56 Å². The maximum absolute atomic E-state index is 13.6. The minimum Gasteiger partial charge on any atom is -0.454 e. The zero-order valence-corrected chi connectivity index (χ0v) is 15.0. The van der Waals surface area contributed by atoms with Gasteiger partial charge < -0.3 is 20.3 Å². The molecule has 0 radical (unpaired) electrons. The number of fused-ring (bicyclic) bond motifs is 1. The highest BCUT2D eigenvalue weighted by atomic mass is 19.1. The number of nitrogen functional groups attached to an aromatic ring is 1. The number of hydrogen-bond donors (Lipinski definition) is 2. The highest BCUT2D eigenvalue weighted by molar-refractivity contribution is 5.89. The Morgan fingerprint density at radius 1 is 1.45 bits per heavy atom. The summed E-state index contributed by atoms with van der Waals surface area (Å²) < 4.78 is 26.5. The zero-order valence-electron chi connectivity index (χ0n) is 15.0. The first-order chi connectivity index (χ1) is 14.0. The fourth-order valence-electron chi connectivity index (χ4n) is 3.26. The lowest BCUT2D eigenvalue weighted by atomic mass is 9.98. The number of aromatic nitrogens is 4. The number of halogens is 1. The van der Waals surface area contributed by atoms with E-state index in [1.54, 1.807) is 30.3 Å². The van der Waals surface area contributed by atoms with Gasteiger partial charge >= 0.3 is 12.0 Å². The SMILES string of the molecule is C#C[C@]1(CO)O[C@@H](n2cnc3c(N)nc(F)nc32)C[C@@H]1OC(=O)c1ccccc1. The molecule has 3 atom stereocenters. The number of imidazole rings is 1. The number of nitrogens with two attached hydrogens (primary N) is 1. The number of ether oxygens (including phenoxy) is 2. The zero-order chi connectivity index (χ0) is 20.6. The third-order valence-corrected chi connectivity index (χ3v) is 4.75. The molecule has 0 saturated carbocycles. The summed E-state index contributed by atoms with van der Waals surface area (Å²) in [6, 6.07) is 8.35. The number of nitrogens with zero attached hydrogens (tertiary/aromatic N) is 4. The van der Waals surface area contributed by atoms with Crippen LogP contribution in [0.5, 0.6) is 0 Å². The van der Waals surface area contributed by atoms with Crippen LogP contribution < -0.4 is 5.73 Å². The monoisotopic (exact) mass is 397 g/mol. The van der Waals surface area contributed by atoms with E-state index in [9.17, 15) is 14.3 Å². The number of carbonyl (C=O) groups excluding carboxylic acids is 1. The first kappa shape index (κ1) is 18.8. The molecular formula is C19H16FN5O4. The Labute approximate surface area is 164 Å². The number of hydrogen-bond acceptors (Lipinski definition) is 8. The van der Waals surface area contributed by atoms with Crippen molar-refractivity contribution < 1.29 is 23.8 Å². The number of benzene rings is 1. The Balaban J connectivity index is 1.67. The molecule has 0 aliphatic carbocycles. The molecule has 1 aliphatic heterocycles. The van der Waals surface area contributed by atoms with Crippen molar-refractivity contribution in [2.24, 2.45) is 0 Å². The quantitative estimate of drug-likeness (QED) is 0.380. The molecule has 1 saturated heterocycles. The van der Waals surface area contributed by atoms with E-state index >= 15 is 0 Å². The van der Waals surface area contributed by atoms with Crippen LogP contribution >= 0.6 is 0 Å². The third kappa shape index (κ3) is 3.16. The molecule has 0 bridgehead atoms. The summed E-state index contributed by atoms with van der Waals surface area (Å²) >= 11 is 0. The first-order valence-electron chi connectivity index (χ1n) is 8.65. The van der Waals surface area contributed by atoms with E-state index in [1.807, 2.05) is 0 Å². The Bertz CT molecular complexity index is 1110. The fraction of sp³-hybridized carbons (Fsp3) is 0.263. The lowest BCUT2D eigenvalue weighted by Gasteiger charge is -2.26. The minimum atomic E-state index is -1.58. The summed E-state index contributed by atoms with van der Waals surface area (Å²) in [6.45, 7) is -0.592. The second kappa shape index (κ2) is 7.12. The molecule has 3 N–H and O–H groups in total. The van der Waals surface area contributed by atoms with E-state index in [2.05, 4.69) is 20.9 Å². The van der Waals surface area contributed by atoms with Crippen LogP contribution in [-0.4, -0.2) is 48.9 Å². The maximum atomic E-state index is 13.6. The average Bonchev–Trinajstić information content (AvgIpc) is 3.30. The van der Waals surface area contributed by atoms with Crippen LogP contribution in [0.3, 0.4) is 0 Å². The molecular weight excluding hydrogens is 381 g/mol. The van der Waals surface area contributed by atoms with Crippen molar-refractivity contribution in [1.82, 2.24) is 19.5 Å². The molecule has 1 aliphatic rings. The number of aliphatic hydroxyl groups is 1. The van der Waals surface area contributed by atoms with Gasteiger partial charge in [0.15, 0.2) is 22.6 Å². The highest BCUT2D eigenvalue weighted by Crippen LogP contribution is 2.39. The normalized spacial score (nSPS) is 23.8. The van der Waals surface area contributed by atoms with Crippen molar-refractivity contribution in [2.75, 3.05) is 12.3 Å². The molecule has 10 heteroatoms. The smallest absolute Gasteiger partial charge is 0.338 e. The van der Waals surface area contributed by atoms with Gasteiger partial charge in [0.25, 0.3) is 0 Å². The van der Waals surface area contributed by atoms with Gasteiger partial charge in [0, 0.05) is 6.42 Å². The third-order valence-electron chi connectivity index (χ3n) is 4.75. The summed E-state index contributed by atoms with van der Waals surface area (Å²) in [6.07, 6.45) is 4.22. The van der Waals surface area contributed by atoms with Crippen LogP contribution in [0.25, 0.3) is 11.2 Å². The van der Waals surface area contributed by atoms with Crippen molar-refractivity contribution in [1.29, 1.82) is 0 Å². The molecule has 1 aromatic carbocycles. The van der Waals surface area contributed by atoms with Gasteiger partial charge in [-0.15, -0.1) is 6.42 Å². The Kier molecular flexibility index (Phi) is 4.62. The second-order valence-electron chi connectivity index (χ2n) is 6.46. The van der Waals surface area contributed by atoms with Crippen molar-refractivity contribution in [3.8, 4) is 12.3 Å². The van der Waals surface area contributed by atoms with Gasteiger partial charge in [-0.2, -0.15) is 14.4 Å². The van der Waals surface area contributed by atoms with Crippen LogP contribution in [0.15, 0.2) is 36.7 Å². The Hall–Kier alpha value is -3.55. The number of anilines is 1. The fourth-order valence-corrected chi connectivity index (χ4v) is 3.26. The number of carbonyl (C=O) groups is 1. The topological polar surface area (TPSA) is 125 Å². The molecule has 1 fully saturated rings. The van der Waals surface area contributed by atoms with Crippen molar-refractivity contribution in [3.05, 3.63) is 48.3 Å². The largest absolute Gasteiger partial charge is 0.454 e. The summed E-state index contributed by atoms with van der Waals surface area (Å²) in [7, 11) is 0. The number of esters is 1. The first-order valence-corrected chi connectivity index (χ1v) is 8.65. The summed E-state index contributed by atoms with van der Waals surface area (Å²) in [5, 5.41) is 9.90. The van der Waals surface area contributed by atoms with Crippen molar-refractivity contribution in [2.45, 2.75) is 24.4 Å². The van der Waals surface area contributed by atoms with Crippen LogP contribution in [0.1, 0.15) is 23.0 Å². The van der Waals surface area contributed by atoms with Crippen LogP contribution in [0.4, 0.5) is 10.2 Å². The minimum absolute atomic E-state index is 0.0837. The van der Waals surface area contributed by atoms with Gasteiger partial charge in [-0.3, -0.25) is 4.57 Å². The van der Waals surface area contributed by atoms with E-state index in [-0.39, 0.29) is 23.4 Å². The number of terminal acetylenes is 1. The molecule has 0 amide bonds. The van der Waals surface area contributed by atoms with Gasteiger partial charge in [0.2, 0.25) is 0 Å². The van der Waals surface area contributed by atoms with Crippen LogP contribution in [0.2, 0.25) is 0 Å². The average molecular weight is 397 g/mol. The van der Waals surface area contributed by atoms with E-state index in [1.165, 1.54) is 10.9 Å². The summed E-state index contributed by atoms with van der Waals surface area (Å²) in [5.74, 6) is 1.65. The lowest BCUT2D eigenvalue weighted by Crippen LogP contribution is -2.44. The van der Waals surface area contributed by atoms with Crippen LogP contribution in [0, 0.1) is 18.4 Å². The maximum Gasteiger partial charge on any atom is 0.338 e. The van der Waals surface area contributed by atoms with Crippen molar-refractivity contribution >= 4 is 23.0 Å². The standard InChI is InChI=1S/C19H16FN5O4/c1-2-19(9-26)12(28-17(27)11-6-4-3-5-7-11)8-13(29-19)25-10-22-14-15(21)23-18(20)24-16(14)25/h1,3-7,10,12-13,26H,8-9H2,(H2,21,23,24)/t12-,13+,19+/m0/s1. The van der Waals surface area contributed by atoms with E-state index in [4.69, 9.17) is 21.6 Å². The van der Waals surface area contributed by atoms with Gasteiger partial charge in [-0.1, -0.05) is 24.1 Å². The van der Waals surface area contributed by atoms with E-state index in [0.717, 1.165) is 0 Å². The lowest BCUT2D eigenvalue weighted by molar-refractivity contribution is -0.0930. The van der Waals surface area contributed by atoms with Gasteiger partial charge in [-0.05, 0) is 12.1 Å². The molecule has 2 aromatic heterocycles. The predicted molar refractivity (Wildman–Crippen MR) is 98.7 cm³/mol. The molecule has 0 unspecified atom stereocenters. The molecule has 3 heterocycles. The van der Waals surface area contributed by atoms with E-state index < -0.39 is 36.6 Å². The van der Waals surface area contributed by atoms with Crippen molar-refractivity contribution in [3.63, 3.8) is 0 Å². The van der Waals surface area contributed by atoms with Gasteiger partial charge in [0.05, 0.1) is 18.5 Å². The van der Waals surface area contributed by atoms with Gasteiger partial charge in [0.1, 0.15) is 12.3 Å². The predicted octanol–water partition coefficient (Wildman–Crippen LogP) is 1.06. The van der Waals surface area contributed by atoms with Gasteiger partial charge in [-0.25, -0.2) is 9.78 Å². The highest BCUT2D eigenvalue weighted by Gasteiger charge is 2.51. The summed E-state index contributed by atoms with van der Waals surface area (Å²) in [4.78, 5) is 23.7. The summed E-state index contributed by atoms with van der Waals surface area (Å²) in [5.41, 5.74) is 4.72. The second-order valence-corrected chi connectivity index (χ2v) is 6.46. The number of aliphatic hydroxyl groups excluding tert-OH is 1. The molecule has 29 heavy (non-hydrogen) atoms. The number of rotatable bonds is 4. The molecule has 4 rings (SSSR count). The molecule has 3 aromatic rings. The molecule has 0 spiro atoms. The van der Waals surface area contributed by atoms with Crippen LogP contribution in [-0.2, 0) is 9.47 Å². The molecule has 148 valence electrons. The molecule has 9 nitrogen and oxygen atoms in total.